The number of nitrogens with zero attached hydrogens (tertiary/aromatic N) is 1. The van der Waals surface area contributed by atoms with E-state index >= 15 is 0 Å². The number of alkyl halides is 2. The minimum atomic E-state index is -2.86. The van der Waals surface area contributed by atoms with Gasteiger partial charge in [-0.25, -0.2) is 0 Å². The number of ether oxygens (including phenoxy) is 1. The lowest BCUT2D eigenvalue weighted by atomic mass is 10.3. The molecular weight excluding hydrogens is 330 g/mol. The van der Waals surface area contributed by atoms with Crippen molar-refractivity contribution in [2.45, 2.75) is 20.5 Å². The molecular formula is C14H18F2N2O2S2. The predicted octanol–water partition coefficient (Wildman–Crippen LogP) is 3.59. The third-order valence-corrected chi connectivity index (χ3v) is 4.24. The summed E-state index contributed by atoms with van der Waals surface area (Å²) in [5.74, 6) is 0.0390. The molecule has 0 bridgehead atoms. The van der Waals surface area contributed by atoms with E-state index in [2.05, 4.69) is 10.1 Å². The summed E-state index contributed by atoms with van der Waals surface area (Å²) < 4.78 is 29.0. The molecule has 8 heteroatoms. The number of amides is 1. The molecule has 1 rings (SSSR count). The Kier molecular flexibility index (Phi) is 8.11. The monoisotopic (exact) mass is 348 g/mol. The van der Waals surface area contributed by atoms with Crippen LogP contribution in [-0.2, 0) is 4.79 Å². The van der Waals surface area contributed by atoms with Crippen LogP contribution in [0.5, 0.6) is 5.75 Å². The first kappa shape index (κ1) is 18.6. The Labute approximate surface area is 138 Å². The number of thioether (sulfide) groups is 1. The second-order valence-electron chi connectivity index (χ2n) is 4.18. The highest BCUT2D eigenvalue weighted by Gasteiger charge is 2.10. The van der Waals surface area contributed by atoms with Gasteiger partial charge in [-0.15, -0.1) is 0 Å². The maximum absolute atomic E-state index is 12.0. The van der Waals surface area contributed by atoms with Gasteiger partial charge in [0.2, 0.25) is 5.91 Å². The van der Waals surface area contributed by atoms with E-state index in [0.717, 1.165) is 13.1 Å². The maximum Gasteiger partial charge on any atom is 0.387 e. The van der Waals surface area contributed by atoms with E-state index < -0.39 is 6.61 Å². The Morgan fingerprint density at radius 2 is 1.91 bits per heavy atom. The van der Waals surface area contributed by atoms with Gasteiger partial charge in [0.1, 0.15) is 10.1 Å². The quantitative estimate of drug-likeness (QED) is 0.763. The number of benzene rings is 1. The van der Waals surface area contributed by atoms with E-state index in [-0.39, 0.29) is 17.4 Å². The summed E-state index contributed by atoms with van der Waals surface area (Å²) >= 11 is 6.53. The fourth-order valence-corrected chi connectivity index (χ4v) is 2.82. The van der Waals surface area contributed by atoms with Crippen LogP contribution in [0, 0.1) is 0 Å². The number of hydrogen-bond acceptors (Lipinski definition) is 4. The number of nitrogens with one attached hydrogen (secondary N) is 1. The van der Waals surface area contributed by atoms with Gasteiger partial charge in [0, 0.05) is 18.8 Å². The molecule has 0 unspecified atom stereocenters. The molecule has 1 aromatic carbocycles. The molecule has 0 spiro atoms. The lowest BCUT2D eigenvalue weighted by molar-refractivity contribution is -0.113. The van der Waals surface area contributed by atoms with Crippen molar-refractivity contribution in [1.29, 1.82) is 0 Å². The van der Waals surface area contributed by atoms with Crippen LogP contribution in [0.25, 0.3) is 0 Å². The van der Waals surface area contributed by atoms with E-state index in [9.17, 15) is 13.6 Å². The average Bonchev–Trinajstić information content (AvgIpc) is 2.48. The molecule has 4 nitrogen and oxygen atoms in total. The zero-order valence-corrected chi connectivity index (χ0v) is 14.0. The molecule has 1 amide bonds. The van der Waals surface area contributed by atoms with E-state index in [1.165, 1.54) is 36.0 Å². The summed E-state index contributed by atoms with van der Waals surface area (Å²) in [5.41, 5.74) is 0.515. The number of halogens is 2. The van der Waals surface area contributed by atoms with Gasteiger partial charge in [0.15, 0.2) is 0 Å². The normalized spacial score (nSPS) is 10.4. The van der Waals surface area contributed by atoms with Gasteiger partial charge in [-0.1, -0.05) is 24.0 Å². The van der Waals surface area contributed by atoms with Gasteiger partial charge in [-0.2, -0.15) is 8.78 Å². The zero-order chi connectivity index (χ0) is 16.5. The van der Waals surface area contributed by atoms with Crippen LogP contribution in [0.4, 0.5) is 14.5 Å². The molecule has 0 heterocycles. The number of thiocarbonyl (C=S) groups is 1. The summed E-state index contributed by atoms with van der Waals surface area (Å²) in [7, 11) is 0. The molecule has 0 aliphatic heterocycles. The average molecular weight is 348 g/mol. The Bertz CT molecular complexity index is 494. The summed E-state index contributed by atoms with van der Waals surface area (Å²) in [6.45, 7) is 2.74. The summed E-state index contributed by atoms with van der Waals surface area (Å²) in [6, 6.07) is 5.75. The Morgan fingerprint density at radius 3 is 2.41 bits per heavy atom. The van der Waals surface area contributed by atoms with Gasteiger partial charge in [0.05, 0.1) is 5.75 Å². The van der Waals surface area contributed by atoms with Crippen molar-refractivity contribution in [3.05, 3.63) is 24.3 Å². The standard InChI is InChI=1S/C14H18F2N2O2S2/c1-3-18(4-2)14(21)22-9-12(19)17-10-5-7-11(8-6-10)20-13(15)16/h5-8,13H,3-4,9H2,1-2H3,(H,17,19). The van der Waals surface area contributed by atoms with Crippen LogP contribution in [0.15, 0.2) is 24.3 Å². The van der Waals surface area contributed by atoms with Gasteiger partial charge in [-0.3, -0.25) is 4.79 Å². The van der Waals surface area contributed by atoms with Crippen LogP contribution in [0.2, 0.25) is 0 Å². The lowest BCUT2D eigenvalue weighted by Crippen LogP contribution is -2.28. The minimum Gasteiger partial charge on any atom is -0.435 e. The molecule has 0 fully saturated rings. The topological polar surface area (TPSA) is 41.6 Å². The third kappa shape index (κ3) is 6.57. The largest absolute Gasteiger partial charge is 0.435 e. The highest BCUT2D eigenvalue weighted by molar-refractivity contribution is 8.23. The van der Waals surface area contributed by atoms with Crippen LogP contribution >= 0.6 is 24.0 Å². The van der Waals surface area contributed by atoms with Gasteiger partial charge < -0.3 is 15.0 Å². The Hall–Kier alpha value is -1.41. The van der Waals surface area contributed by atoms with Crippen LogP contribution in [0.1, 0.15) is 13.8 Å². The minimum absolute atomic E-state index is 0.0464. The Balaban J connectivity index is 2.43. The van der Waals surface area contributed by atoms with Crippen molar-refractivity contribution in [1.82, 2.24) is 4.90 Å². The van der Waals surface area contributed by atoms with Crippen molar-refractivity contribution in [3.8, 4) is 5.75 Å². The molecule has 0 aliphatic carbocycles. The van der Waals surface area contributed by atoms with E-state index in [1.807, 2.05) is 18.7 Å². The molecule has 0 radical (unpaired) electrons. The smallest absolute Gasteiger partial charge is 0.387 e. The molecule has 0 saturated carbocycles. The third-order valence-electron chi connectivity index (χ3n) is 2.71. The first-order chi connectivity index (χ1) is 10.5. The van der Waals surface area contributed by atoms with Crippen molar-refractivity contribution in [2.75, 3.05) is 24.2 Å². The molecule has 0 saturated heterocycles. The maximum atomic E-state index is 12.0. The number of carbonyl (C=O) groups is 1. The van der Waals surface area contributed by atoms with Crippen LogP contribution < -0.4 is 10.1 Å². The lowest BCUT2D eigenvalue weighted by Gasteiger charge is -2.20. The van der Waals surface area contributed by atoms with Crippen LogP contribution in [0.3, 0.4) is 0 Å². The molecule has 1 N–H and O–H groups in total. The highest BCUT2D eigenvalue weighted by Crippen LogP contribution is 2.18. The fourth-order valence-electron chi connectivity index (χ4n) is 1.62. The Morgan fingerprint density at radius 1 is 1.32 bits per heavy atom. The van der Waals surface area contributed by atoms with Crippen molar-refractivity contribution in [2.24, 2.45) is 0 Å². The van der Waals surface area contributed by atoms with Gasteiger partial charge in [-0.05, 0) is 38.1 Å². The second-order valence-corrected chi connectivity index (χ2v) is 5.79. The summed E-state index contributed by atoms with van der Waals surface area (Å²) in [6.07, 6.45) is 0. The first-order valence-corrected chi connectivity index (χ1v) is 8.12. The van der Waals surface area contributed by atoms with Crippen molar-refractivity contribution in [3.63, 3.8) is 0 Å². The van der Waals surface area contributed by atoms with Crippen LogP contribution in [-0.4, -0.2) is 40.6 Å². The van der Waals surface area contributed by atoms with E-state index in [4.69, 9.17) is 12.2 Å². The van der Waals surface area contributed by atoms with E-state index in [1.54, 1.807) is 0 Å². The predicted molar refractivity (Wildman–Crippen MR) is 89.7 cm³/mol. The van der Waals surface area contributed by atoms with Gasteiger partial charge >= 0.3 is 6.61 Å². The van der Waals surface area contributed by atoms with Crippen molar-refractivity contribution < 1.29 is 18.3 Å². The number of carbonyl (C=O) groups excluding carboxylic acids is 1. The fraction of sp³-hybridized carbons (Fsp3) is 0.429. The molecule has 22 heavy (non-hydrogen) atoms. The SMILES string of the molecule is CCN(CC)C(=S)SCC(=O)Nc1ccc(OC(F)F)cc1. The van der Waals surface area contributed by atoms with E-state index in [0.29, 0.717) is 10.0 Å². The second kappa shape index (κ2) is 9.58. The number of hydrogen-bond donors (Lipinski definition) is 1. The molecule has 0 aromatic heterocycles. The summed E-state index contributed by atoms with van der Waals surface area (Å²) in [5, 5.41) is 2.67. The first-order valence-electron chi connectivity index (χ1n) is 6.72. The molecule has 0 aliphatic rings. The summed E-state index contributed by atoms with van der Waals surface area (Å²) in [4.78, 5) is 13.8. The van der Waals surface area contributed by atoms with Crippen molar-refractivity contribution >= 4 is 39.9 Å². The highest BCUT2D eigenvalue weighted by atomic mass is 32.2. The molecule has 1 aromatic rings. The number of anilines is 1. The molecule has 0 atom stereocenters. The zero-order valence-electron chi connectivity index (χ0n) is 12.3. The number of rotatable bonds is 7. The molecule has 122 valence electrons. The van der Waals surface area contributed by atoms with Gasteiger partial charge in [0.25, 0.3) is 0 Å².